The van der Waals surface area contributed by atoms with E-state index in [1.54, 1.807) is 12.1 Å². The molecule has 0 saturated carbocycles. The molecule has 0 fully saturated rings. The second kappa shape index (κ2) is 5.38. The van der Waals surface area contributed by atoms with Gasteiger partial charge in [-0.05, 0) is 30.0 Å². The molecule has 0 radical (unpaired) electrons. The van der Waals surface area contributed by atoms with Crippen molar-refractivity contribution in [1.29, 1.82) is 0 Å². The molecule has 1 aromatic carbocycles. The Hall–Kier alpha value is -0.910. The van der Waals surface area contributed by atoms with Crippen LogP contribution in [-0.2, 0) is 15.4 Å². The molecule has 0 bridgehead atoms. The van der Waals surface area contributed by atoms with Crippen LogP contribution in [0.25, 0.3) is 0 Å². The van der Waals surface area contributed by atoms with Crippen molar-refractivity contribution in [2.45, 2.75) is 44.1 Å². The standard InChI is InChI=1S/C13H21NO3S/c1-10(15)9-14-18(16,17)12-7-5-11(6-8-12)13(2,3)4/h5-8,10,14-15H,9H2,1-4H3. The number of hydrogen-bond acceptors (Lipinski definition) is 3. The van der Waals surface area contributed by atoms with Crippen molar-refractivity contribution in [2.24, 2.45) is 0 Å². The third-order valence-electron chi connectivity index (χ3n) is 2.60. The lowest BCUT2D eigenvalue weighted by Crippen LogP contribution is -2.30. The summed E-state index contributed by atoms with van der Waals surface area (Å²) >= 11 is 0. The van der Waals surface area contributed by atoms with E-state index in [2.05, 4.69) is 25.5 Å². The molecular weight excluding hydrogens is 250 g/mol. The Morgan fingerprint density at radius 3 is 2.11 bits per heavy atom. The Morgan fingerprint density at radius 2 is 1.72 bits per heavy atom. The van der Waals surface area contributed by atoms with Crippen LogP contribution in [0.5, 0.6) is 0 Å². The summed E-state index contributed by atoms with van der Waals surface area (Å²) < 4.78 is 26.1. The van der Waals surface area contributed by atoms with Crippen LogP contribution in [0.4, 0.5) is 0 Å². The summed E-state index contributed by atoms with van der Waals surface area (Å²) in [5.74, 6) is 0. The summed E-state index contributed by atoms with van der Waals surface area (Å²) in [7, 11) is -3.53. The molecule has 1 unspecified atom stereocenters. The van der Waals surface area contributed by atoms with Crippen molar-refractivity contribution in [3.63, 3.8) is 0 Å². The second-order valence-electron chi connectivity index (χ2n) is 5.48. The SMILES string of the molecule is CC(O)CNS(=O)(=O)c1ccc(C(C)(C)C)cc1. The minimum Gasteiger partial charge on any atom is -0.392 e. The molecule has 0 heterocycles. The molecule has 4 nitrogen and oxygen atoms in total. The summed E-state index contributed by atoms with van der Waals surface area (Å²) in [5, 5.41) is 9.09. The largest absolute Gasteiger partial charge is 0.392 e. The Labute approximate surface area is 109 Å². The number of nitrogens with one attached hydrogen (secondary N) is 1. The third-order valence-corrected chi connectivity index (χ3v) is 4.04. The van der Waals surface area contributed by atoms with Gasteiger partial charge in [-0.15, -0.1) is 0 Å². The fourth-order valence-corrected chi connectivity index (χ4v) is 2.57. The van der Waals surface area contributed by atoms with Crippen molar-refractivity contribution in [1.82, 2.24) is 4.72 Å². The number of aliphatic hydroxyl groups is 1. The fraction of sp³-hybridized carbons (Fsp3) is 0.538. The zero-order chi connectivity index (χ0) is 14.0. The lowest BCUT2D eigenvalue weighted by Gasteiger charge is -2.19. The third kappa shape index (κ3) is 4.08. The van der Waals surface area contributed by atoms with Gasteiger partial charge in [-0.2, -0.15) is 0 Å². The molecule has 0 spiro atoms. The average molecular weight is 271 g/mol. The molecule has 18 heavy (non-hydrogen) atoms. The van der Waals surface area contributed by atoms with E-state index in [9.17, 15) is 8.42 Å². The number of benzene rings is 1. The van der Waals surface area contributed by atoms with Gasteiger partial charge >= 0.3 is 0 Å². The van der Waals surface area contributed by atoms with Crippen LogP contribution in [0.1, 0.15) is 33.3 Å². The normalized spacial score (nSPS) is 14.5. The molecule has 1 rings (SSSR count). The molecule has 0 aliphatic heterocycles. The molecule has 0 saturated heterocycles. The summed E-state index contributed by atoms with van der Waals surface area (Å²) in [6.07, 6.45) is -0.700. The molecule has 1 atom stereocenters. The maximum atomic E-state index is 11.9. The number of aliphatic hydroxyl groups excluding tert-OH is 1. The van der Waals surface area contributed by atoms with Crippen LogP contribution < -0.4 is 4.72 Å². The first kappa shape index (κ1) is 15.1. The highest BCUT2D eigenvalue weighted by molar-refractivity contribution is 7.89. The minimum absolute atomic E-state index is 0.00463. The van der Waals surface area contributed by atoms with Crippen molar-refractivity contribution >= 4 is 10.0 Å². The quantitative estimate of drug-likeness (QED) is 0.875. The maximum Gasteiger partial charge on any atom is 0.240 e. The smallest absolute Gasteiger partial charge is 0.240 e. The lowest BCUT2D eigenvalue weighted by molar-refractivity contribution is 0.198. The first-order valence-electron chi connectivity index (χ1n) is 5.91. The first-order chi connectivity index (χ1) is 8.13. The van der Waals surface area contributed by atoms with Crippen LogP contribution in [0.2, 0.25) is 0 Å². The van der Waals surface area contributed by atoms with Gasteiger partial charge in [0.1, 0.15) is 0 Å². The van der Waals surface area contributed by atoms with E-state index < -0.39 is 16.1 Å². The van der Waals surface area contributed by atoms with Gasteiger partial charge in [0.25, 0.3) is 0 Å². The van der Waals surface area contributed by atoms with Crippen molar-refractivity contribution in [2.75, 3.05) is 6.54 Å². The minimum atomic E-state index is -3.53. The number of sulfonamides is 1. The zero-order valence-electron chi connectivity index (χ0n) is 11.3. The van der Waals surface area contributed by atoms with E-state index in [1.165, 1.54) is 6.92 Å². The summed E-state index contributed by atoms with van der Waals surface area (Å²) in [6, 6.07) is 6.81. The summed E-state index contributed by atoms with van der Waals surface area (Å²) in [6.45, 7) is 7.77. The molecule has 1 aromatic rings. The van der Waals surface area contributed by atoms with Crippen molar-refractivity contribution in [3.8, 4) is 0 Å². The Kier molecular flexibility index (Phi) is 4.53. The van der Waals surface area contributed by atoms with Crippen LogP contribution in [-0.4, -0.2) is 26.2 Å². The van der Waals surface area contributed by atoms with Crippen LogP contribution in [0, 0.1) is 0 Å². The van der Waals surface area contributed by atoms with E-state index in [4.69, 9.17) is 5.11 Å². The molecule has 0 aliphatic carbocycles. The highest BCUT2D eigenvalue weighted by Crippen LogP contribution is 2.23. The molecule has 102 valence electrons. The lowest BCUT2D eigenvalue weighted by atomic mass is 9.87. The van der Waals surface area contributed by atoms with Gasteiger partial charge in [0.05, 0.1) is 11.0 Å². The Bertz CT molecular complexity index is 484. The van der Waals surface area contributed by atoms with Crippen molar-refractivity contribution in [3.05, 3.63) is 29.8 Å². The summed E-state index contributed by atoms with van der Waals surface area (Å²) in [5.41, 5.74) is 1.08. The highest BCUT2D eigenvalue weighted by atomic mass is 32.2. The van der Waals surface area contributed by atoms with E-state index in [0.29, 0.717) is 0 Å². The molecule has 0 aliphatic rings. The van der Waals surface area contributed by atoms with Crippen molar-refractivity contribution < 1.29 is 13.5 Å². The van der Waals surface area contributed by atoms with Gasteiger partial charge in [-0.25, -0.2) is 13.1 Å². The average Bonchev–Trinajstić information content (AvgIpc) is 2.26. The number of rotatable bonds is 4. The monoisotopic (exact) mass is 271 g/mol. The van der Waals surface area contributed by atoms with E-state index >= 15 is 0 Å². The summed E-state index contributed by atoms with van der Waals surface area (Å²) in [4.78, 5) is 0.219. The highest BCUT2D eigenvalue weighted by Gasteiger charge is 2.17. The van der Waals surface area contributed by atoms with Crippen LogP contribution in [0.3, 0.4) is 0 Å². The fourth-order valence-electron chi connectivity index (χ4n) is 1.45. The first-order valence-corrected chi connectivity index (χ1v) is 7.39. The topological polar surface area (TPSA) is 66.4 Å². The molecule has 0 aromatic heterocycles. The van der Waals surface area contributed by atoms with E-state index in [-0.39, 0.29) is 16.9 Å². The molecule has 5 heteroatoms. The van der Waals surface area contributed by atoms with Gasteiger partial charge in [-0.1, -0.05) is 32.9 Å². The molecule has 2 N–H and O–H groups in total. The maximum absolute atomic E-state index is 11.9. The zero-order valence-corrected chi connectivity index (χ0v) is 12.1. The van der Waals surface area contributed by atoms with Crippen LogP contribution >= 0.6 is 0 Å². The van der Waals surface area contributed by atoms with Crippen LogP contribution in [0.15, 0.2) is 29.2 Å². The number of hydrogen-bond donors (Lipinski definition) is 2. The predicted molar refractivity (Wildman–Crippen MR) is 72.0 cm³/mol. The van der Waals surface area contributed by atoms with Gasteiger partial charge in [0, 0.05) is 6.54 Å². The molecule has 0 amide bonds. The Morgan fingerprint density at radius 1 is 1.22 bits per heavy atom. The van der Waals surface area contributed by atoms with Gasteiger partial charge in [0.2, 0.25) is 10.0 Å². The predicted octanol–water partition coefficient (Wildman–Crippen LogP) is 1.64. The Balaban J connectivity index is 2.91. The van der Waals surface area contributed by atoms with E-state index in [0.717, 1.165) is 5.56 Å². The van der Waals surface area contributed by atoms with Gasteiger partial charge in [-0.3, -0.25) is 0 Å². The van der Waals surface area contributed by atoms with Gasteiger partial charge in [0.15, 0.2) is 0 Å². The second-order valence-corrected chi connectivity index (χ2v) is 7.24. The molecular formula is C13H21NO3S. The van der Waals surface area contributed by atoms with E-state index in [1.807, 2.05) is 12.1 Å². The van der Waals surface area contributed by atoms with Gasteiger partial charge < -0.3 is 5.11 Å².